The Morgan fingerprint density at radius 3 is 2.61 bits per heavy atom. The molecule has 0 aliphatic heterocycles. The van der Waals surface area contributed by atoms with Crippen LogP contribution in [0.25, 0.3) is 10.9 Å². The zero-order valence-electron chi connectivity index (χ0n) is 19.6. The summed E-state index contributed by atoms with van der Waals surface area (Å²) in [6.45, 7) is 8.89. The summed E-state index contributed by atoms with van der Waals surface area (Å²) >= 11 is 0. The van der Waals surface area contributed by atoms with Gasteiger partial charge in [-0.3, -0.25) is 9.78 Å². The van der Waals surface area contributed by atoms with Gasteiger partial charge in [0.15, 0.2) is 0 Å². The predicted octanol–water partition coefficient (Wildman–Crippen LogP) is 6.88. The Balaban J connectivity index is 1.58. The molecule has 0 saturated heterocycles. The highest BCUT2D eigenvalue weighted by Gasteiger charge is 2.21. The Morgan fingerprint density at radius 1 is 1.00 bits per heavy atom. The van der Waals surface area contributed by atoms with Gasteiger partial charge in [-0.25, -0.2) is 4.98 Å². The molecule has 2 aromatic heterocycles. The van der Waals surface area contributed by atoms with E-state index in [-0.39, 0.29) is 11.3 Å². The van der Waals surface area contributed by atoms with Gasteiger partial charge in [0.2, 0.25) is 0 Å². The van der Waals surface area contributed by atoms with Crippen molar-refractivity contribution in [1.82, 2.24) is 9.97 Å². The van der Waals surface area contributed by atoms with Crippen LogP contribution in [0.5, 0.6) is 0 Å². The molecule has 0 atom stereocenters. The summed E-state index contributed by atoms with van der Waals surface area (Å²) in [6.07, 6.45) is 5.46. The average Bonchev–Trinajstić information content (AvgIpc) is 2.84. The van der Waals surface area contributed by atoms with Crippen LogP contribution in [-0.2, 0) is 11.8 Å². The first-order chi connectivity index (χ1) is 15.9. The van der Waals surface area contributed by atoms with E-state index >= 15 is 0 Å². The number of hydrogen-bond acceptors (Lipinski definition) is 4. The summed E-state index contributed by atoms with van der Waals surface area (Å²) in [7, 11) is 0. The van der Waals surface area contributed by atoms with E-state index in [1.807, 2.05) is 48.5 Å². The minimum Gasteiger partial charge on any atom is -0.340 e. The standard InChI is InChI=1S/C28H30N4O/c1-5-19-17-21(12-13-23(19)28(3,4)6-2)30-27(33)22-9-7-8-10-24(22)31-26-14-11-20-15-16-29-18-25(20)32-26/h7-18H,5-6H2,1-4H3,(H,30,33)(H,31,32). The second-order valence-electron chi connectivity index (χ2n) is 8.85. The Bertz CT molecular complexity index is 1300. The highest BCUT2D eigenvalue weighted by atomic mass is 16.1. The van der Waals surface area contributed by atoms with Gasteiger partial charge in [-0.15, -0.1) is 0 Å². The Hall–Kier alpha value is -3.73. The zero-order chi connectivity index (χ0) is 23.4. The molecule has 0 aliphatic rings. The van der Waals surface area contributed by atoms with Crippen molar-refractivity contribution in [2.45, 2.75) is 46.0 Å². The fraction of sp³-hybridized carbons (Fsp3) is 0.250. The van der Waals surface area contributed by atoms with E-state index < -0.39 is 0 Å². The summed E-state index contributed by atoms with van der Waals surface area (Å²) in [5.41, 5.74) is 5.56. The van der Waals surface area contributed by atoms with Crippen LogP contribution in [0.2, 0.25) is 0 Å². The van der Waals surface area contributed by atoms with Crippen molar-refractivity contribution in [2.24, 2.45) is 0 Å². The van der Waals surface area contributed by atoms with Crippen LogP contribution in [0.1, 0.15) is 55.6 Å². The number of nitrogens with one attached hydrogen (secondary N) is 2. The summed E-state index contributed by atoms with van der Waals surface area (Å²) in [4.78, 5) is 21.9. The van der Waals surface area contributed by atoms with E-state index in [9.17, 15) is 4.79 Å². The number of aryl methyl sites for hydroxylation is 1. The van der Waals surface area contributed by atoms with Crippen LogP contribution >= 0.6 is 0 Å². The molecule has 2 N–H and O–H groups in total. The minimum atomic E-state index is -0.162. The van der Waals surface area contributed by atoms with Gasteiger partial charge >= 0.3 is 0 Å². The molecule has 0 unspecified atom stereocenters. The van der Waals surface area contributed by atoms with Crippen molar-refractivity contribution in [2.75, 3.05) is 10.6 Å². The monoisotopic (exact) mass is 438 g/mol. The maximum Gasteiger partial charge on any atom is 0.257 e. The fourth-order valence-electron chi connectivity index (χ4n) is 3.98. The van der Waals surface area contributed by atoms with Gasteiger partial charge in [0, 0.05) is 17.3 Å². The number of para-hydroxylation sites is 1. The molecule has 168 valence electrons. The molecule has 0 aliphatic carbocycles. The lowest BCUT2D eigenvalue weighted by molar-refractivity contribution is 0.102. The first-order valence-corrected chi connectivity index (χ1v) is 11.4. The van der Waals surface area contributed by atoms with E-state index in [4.69, 9.17) is 0 Å². The minimum absolute atomic E-state index is 0.104. The van der Waals surface area contributed by atoms with Gasteiger partial charge in [0.25, 0.3) is 5.91 Å². The molecule has 0 spiro atoms. The van der Waals surface area contributed by atoms with Gasteiger partial charge in [0.1, 0.15) is 5.82 Å². The molecule has 5 nitrogen and oxygen atoms in total. The molecule has 4 rings (SSSR count). The lowest BCUT2D eigenvalue weighted by Gasteiger charge is -2.26. The molecule has 2 heterocycles. The maximum atomic E-state index is 13.2. The van der Waals surface area contributed by atoms with Gasteiger partial charge in [0.05, 0.1) is 23.0 Å². The van der Waals surface area contributed by atoms with Crippen molar-refractivity contribution >= 4 is 34.0 Å². The largest absolute Gasteiger partial charge is 0.340 e. The predicted molar refractivity (Wildman–Crippen MR) is 136 cm³/mol. The van der Waals surface area contributed by atoms with Crippen LogP contribution in [0.3, 0.4) is 0 Å². The van der Waals surface area contributed by atoms with Crippen LogP contribution in [0.4, 0.5) is 17.2 Å². The van der Waals surface area contributed by atoms with E-state index in [1.54, 1.807) is 12.4 Å². The highest BCUT2D eigenvalue weighted by Crippen LogP contribution is 2.32. The number of pyridine rings is 2. The molecule has 33 heavy (non-hydrogen) atoms. The first-order valence-electron chi connectivity index (χ1n) is 11.4. The van der Waals surface area contributed by atoms with Crippen LogP contribution < -0.4 is 10.6 Å². The SMILES string of the molecule is CCc1cc(NC(=O)c2ccccc2Nc2ccc3ccncc3n2)ccc1C(C)(C)CC. The third-order valence-corrected chi connectivity index (χ3v) is 6.29. The quantitative estimate of drug-likeness (QED) is 0.330. The van der Waals surface area contributed by atoms with Gasteiger partial charge in [-0.1, -0.05) is 45.9 Å². The number of hydrogen-bond donors (Lipinski definition) is 2. The van der Waals surface area contributed by atoms with E-state index in [0.717, 1.165) is 29.4 Å². The van der Waals surface area contributed by atoms with Crippen molar-refractivity contribution < 1.29 is 4.79 Å². The summed E-state index contributed by atoms with van der Waals surface area (Å²) in [5, 5.41) is 7.38. The molecule has 0 saturated carbocycles. The third-order valence-electron chi connectivity index (χ3n) is 6.29. The molecule has 5 heteroatoms. The van der Waals surface area contributed by atoms with E-state index in [2.05, 4.69) is 60.4 Å². The topological polar surface area (TPSA) is 66.9 Å². The smallest absolute Gasteiger partial charge is 0.257 e. The number of carbonyl (C=O) groups excluding carboxylic acids is 1. The van der Waals surface area contributed by atoms with Crippen LogP contribution in [-0.4, -0.2) is 15.9 Å². The highest BCUT2D eigenvalue weighted by molar-refractivity contribution is 6.08. The molecule has 0 fully saturated rings. The molecular formula is C28H30N4O. The van der Waals surface area contributed by atoms with Crippen molar-refractivity contribution in [3.05, 3.63) is 89.7 Å². The average molecular weight is 439 g/mol. The van der Waals surface area contributed by atoms with Gasteiger partial charge < -0.3 is 10.6 Å². The fourth-order valence-corrected chi connectivity index (χ4v) is 3.98. The molecule has 1 amide bonds. The van der Waals surface area contributed by atoms with Crippen molar-refractivity contribution in [3.8, 4) is 0 Å². The maximum absolute atomic E-state index is 13.2. The summed E-state index contributed by atoms with van der Waals surface area (Å²) in [6, 6.07) is 19.5. The Morgan fingerprint density at radius 2 is 1.82 bits per heavy atom. The molecule has 2 aromatic carbocycles. The lowest BCUT2D eigenvalue weighted by atomic mass is 9.79. The molecule has 0 bridgehead atoms. The van der Waals surface area contributed by atoms with E-state index in [0.29, 0.717) is 17.1 Å². The summed E-state index contributed by atoms with van der Waals surface area (Å²) in [5.74, 6) is 0.500. The van der Waals surface area contributed by atoms with Crippen LogP contribution in [0, 0.1) is 0 Å². The number of fused-ring (bicyclic) bond motifs is 1. The zero-order valence-corrected chi connectivity index (χ0v) is 19.6. The normalized spacial score (nSPS) is 11.4. The number of nitrogens with zero attached hydrogens (tertiary/aromatic N) is 2. The number of carbonyl (C=O) groups is 1. The second kappa shape index (κ2) is 9.41. The van der Waals surface area contributed by atoms with Crippen molar-refractivity contribution in [3.63, 3.8) is 0 Å². The van der Waals surface area contributed by atoms with Crippen molar-refractivity contribution in [1.29, 1.82) is 0 Å². The Kier molecular flexibility index (Phi) is 6.40. The molecule has 0 radical (unpaired) electrons. The number of rotatable bonds is 7. The second-order valence-corrected chi connectivity index (χ2v) is 8.85. The molecular weight excluding hydrogens is 408 g/mol. The number of amides is 1. The summed E-state index contributed by atoms with van der Waals surface area (Å²) < 4.78 is 0. The van der Waals surface area contributed by atoms with Gasteiger partial charge in [-0.05, 0) is 71.8 Å². The number of aromatic nitrogens is 2. The number of benzene rings is 2. The lowest BCUT2D eigenvalue weighted by Crippen LogP contribution is -2.19. The number of anilines is 3. The Labute approximate surface area is 195 Å². The van der Waals surface area contributed by atoms with Gasteiger partial charge in [-0.2, -0.15) is 0 Å². The van der Waals surface area contributed by atoms with Crippen LogP contribution in [0.15, 0.2) is 73.1 Å². The third kappa shape index (κ3) is 4.87. The van der Waals surface area contributed by atoms with E-state index in [1.165, 1.54) is 11.1 Å². The molecule has 4 aromatic rings. The first kappa shape index (κ1) is 22.5.